The minimum atomic E-state index is -0.0839. The number of nitrogens with one attached hydrogen (secondary N) is 1. The Morgan fingerprint density at radius 2 is 2.36 bits per heavy atom. The molecule has 1 aliphatic carbocycles. The second kappa shape index (κ2) is 2.47. The number of aromatic amines is 1. The average Bonchev–Trinajstić information content (AvgIpc) is 2.93. The quantitative estimate of drug-likeness (QED) is 0.736. The molecule has 0 spiro atoms. The normalized spacial score (nSPS) is 16.4. The molecular weight excluding hydrogens is 178 g/mol. The highest BCUT2D eigenvalue weighted by Crippen LogP contribution is 2.37. The van der Waals surface area contributed by atoms with Crippen molar-refractivity contribution in [3.05, 3.63) is 28.3 Å². The van der Waals surface area contributed by atoms with E-state index in [-0.39, 0.29) is 5.56 Å². The molecule has 2 aromatic rings. The lowest BCUT2D eigenvalue weighted by Gasteiger charge is -1.99. The number of hydrogen-bond acceptors (Lipinski definition) is 2. The van der Waals surface area contributed by atoms with Gasteiger partial charge >= 0.3 is 0 Å². The molecule has 3 rings (SSSR count). The number of fused-ring (bicyclic) bond motifs is 1. The summed E-state index contributed by atoms with van der Waals surface area (Å²) in [6, 6.07) is 0.592. The monoisotopic (exact) mass is 189 g/mol. The Kier molecular flexibility index (Phi) is 1.37. The molecule has 0 aliphatic heterocycles. The van der Waals surface area contributed by atoms with Crippen LogP contribution in [0.3, 0.4) is 0 Å². The van der Waals surface area contributed by atoms with Gasteiger partial charge in [-0.25, -0.2) is 5.10 Å². The first-order valence-electron chi connectivity index (χ1n) is 4.82. The average molecular weight is 189 g/mol. The summed E-state index contributed by atoms with van der Waals surface area (Å²) >= 11 is 0. The minimum absolute atomic E-state index is 0.0839. The van der Waals surface area contributed by atoms with Crippen LogP contribution < -0.4 is 5.56 Å². The summed E-state index contributed by atoms with van der Waals surface area (Å²) in [6.45, 7) is 1.97. The largest absolute Gasteiger partial charge is 0.343 e. The Balaban J connectivity index is 2.43. The number of aromatic nitrogens is 3. The summed E-state index contributed by atoms with van der Waals surface area (Å²) < 4.78 is 2.17. The van der Waals surface area contributed by atoms with Crippen molar-refractivity contribution in [1.82, 2.24) is 14.8 Å². The Labute approximate surface area is 80.6 Å². The Morgan fingerprint density at radius 3 is 3.07 bits per heavy atom. The molecule has 2 aromatic heterocycles. The van der Waals surface area contributed by atoms with Gasteiger partial charge in [0.1, 0.15) is 0 Å². The summed E-state index contributed by atoms with van der Waals surface area (Å²) in [4.78, 5) is 11.5. The van der Waals surface area contributed by atoms with Gasteiger partial charge in [-0.2, -0.15) is 5.10 Å². The van der Waals surface area contributed by atoms with Gasteiger partial charge in [0, 0.05) is 12.2 Å². The molecule has 4 nitrogen and oxygen atoms in total. The van der Waals surface area contributed by atoms with E-state index in [4.69, 9.17) is 0 Å². The van der Waals surface area contributed by atoms with E-state index in [1.807, 2.05) is 6.92 Å². The maximum absolute atomic E-state index is 11.5. The molecule has 2 heterocycles. The van der Waals surface area contributed by atoms with Crippen LogP contribution in [0.15, 0.2) is 17.2 Å². The zero-order valence-corrected chi connectivity index (χ0v) is 7.95. The molecule has 0 atom stereocenters. The third-order valence-electron chi connectivity index (χ3n) is 2.78. The van der Waals surface area contributed by atoms with E-state index in [9.17, 15) is 4.79 Å². The highest BCUT2D eigenvalue weighted by Gasteiger charge is 2.25. The van der Waals surface area contributed by atoms with Crippen LogP contribution in [0, 0.1) is 6.92 Å². The van der Waals surface area contributed by atoms with Gasteiger partial charge in [0.2, 0.25) is 0 Å². The van der Waals surface area contributed by atoms with E-state index >= 15 is 0 Å². The third kappa shape index (κ3) is 0.937. The van der Waals surface area contributed by atoms with Gasteiger partial charge in [0.05, 0.1) is 17.1 Å². The zero-order chi connectivity index (χ0) is 9.71. The molecule has 0 bridgehead atoms. The van der Waals surface area contributed by atoms with Crippen LogP contribution in [-0.2, 0) is 0 Å². The smallest absolute Gasteiger partial charge is 0.273 e. The minimum Gasteiger partial charge on any atom is -0.343 e. The van der Waals surface area contributed by atoms with Crippen LogP contribution in [0.1, 0.15) is 24.4 Å². The second-order valence-electron chi connectivity index (χ2n) is 3.91. The summed E-state index contributed by atoms with van der Waals surface area (Å²) in [5.41, 5.74) is 1.92. The molecule has 1 N–H and O–H groups in total. The highest BCUT2D eigenvalue weighted by atomic mass is 16.1. The summed E-state index contributed by atoms with van der Waals surface area (Å²) in [6.07, 6.45) is 6.23. The van der Waals surface area contributed by atoms with E-state index in [1.54, 1.807) is 6.20 Å². The van der Waals surface area contributed by atoms with Crippen LogP contribution in [0.4, 0.5) is 0 Å². The Hall–Kier alpha value is -1.58. The lowest BCUT2D eigenvalue weighted by atomic mass is 10.2. The topological polar surface area (TPSA) is 50.7 Å². The summed E-state index contributed by atoms with van der Waals surface area (Å²) in [5.74, 6) is 0. The number of H-pyrrole nitrogens is 1. The van der Waals surface area contributed by atoms with E-state index in [0.717, 1.165) is 16.5 Å². The number of aryl methyl sites for hydroxylation is 1. The summed E-state index contributed by atoms with van der Waals surface area (Å²) in [5, 5.41) is 7.09. The Bertz CT molecular complexity index is 548. The second-order valence-corrected chi connectivity index (χ2v) is 3.91. The van der Waals surface area contributed by atoms with Gasteiger partial charge in [-0.3, -0.25) is 4.79 Å². The van der Waals surface area contributed by atoms with Crippen molar-refractivity contribution >= 4 is 10.9 Å². The molecule has 0 saturated heterocycles. The van der Waals surface area contributed by atoms with Gasteiger partial charge < -0.3 is 4.57 Å². The van der Waals surface area contributed by atoms with Crippen LogP contribution >= 0.6 is 0 Å². The molecule has 4 heteroatoms. The predicted molar refractivity (Wildman–Crippen MR) is 53.4 cm³/mol. The molecule has 0 radical (unpaired) electrons. The van der Waals surface area contributed by atoms with Gasteiger partial charge in [-0.05, 0) is 25.3 Å². The zero-order valence-electron chi connectivity index (χ0n) is 7.95. The fourth-order valence-electron chi connectivity index (χ4n) is 1.96. The standard InChI is InChI=1S/C10H11N3O/c1-6-5-13(7-2-3-7)8-4-11-12-10(14)9(6)8/h4-5,7H,2-3H2,1H3,(H,12,14). The molecule has 1 aliphatic rings. The molecule has 0 amide bonds. The molecule has 1 fully saturated rings. The molecular formula is C10H11N3O. The maximum atomic E-state index is 11.5. The van der Waals surface area contributed by atoms with Gasteiger partial charge in [-0.1, -0.05) is 0 Å². The number of rotatable bonds is 1. The van der Waals surface area contributed by atoms with Crippen LogP contribution in [0.5, 0.6) is 0 Å². The van der Waals surface area contributed by atoms with Crippen molar-refractivity contribution < 1.29 is 0 Å². The SMILES string of the molecule is Cc1cn(C2CC2)c2cn[nH]c(=O)c12. The Morgan fingerprint density at radius 1 is 1.57 bits per heavy atom. The van der Waals surface area contributed by atoms with Crippen molar-refractivity contribution in [3.8, 4) is 0 Å². The maximum Gasteiger partial charge on any atom is 0.273 e. The molecule has 0 unspecified atom stereocenters. The number of nitrogens with zero attached hydrogens (tertiary/aromatic N) is 2. The van der Waals surface area contributed by atoms with E-state index in [2.05, 4.69) is 21.0 Å². The van der Waals surface area contributed by atoms with Gasteiger partial charge in [0.15, 0.2) is 0 Å². The molecule has 72 valence electrons. The lowest BCUT2D eigenvalue weighted by Crippen LogP contribution is -2.07. The van der Waals surface area contributed by atoms with Crippen LogP contribution in [0.2, 0.25) is 0 Å². The first kappa shape index (κ1) is 7.79. The van der Waals surface area contributed by atoms with Crippen LogP contribution in [-0.4, -0.2) is 14.8 Å². The first-order valence-corrected chi connectivity index (χ1v) is 4.82. The molecule has 14 heavy (non-hydrogen) atoms. The van der Waals surface area contributed by atoms with Crippen LogP contribution in [0.25, 0.3) is 10.9 Å². The van der Waals surface area contributed by atoms with Gasteiger partial charge in [-0.15, -0.1) is 0 Å². The third-order valence-corrected chi connectivity index (χ3v) is 2.78. The lowest BCUT2D eigenvalue weighted by molar-refractivity contribution is 0.770. The molecule has 1 saturated carbocycles. The number of hydrogen-bond donors (Lipinski definition) is 1. The van der Waals surface area contributed by atoms with Crippen molar-refractivity contribution in [2.75, 3.05) is 0 Å². The van der Waals surface area contributed by atoms with E-state index in [1.165, 1.54) is 12.8 Å². The molecule has 0 aromatic carbocycles. The fourth-order valence-corrected chi connectivity index (χ4v) is 1.96. The highest BCUT2D eigenvalue weighted by molar-refractivity contribution is 5.82. The van der Waals surface area contributed by atoms with Crippen molar-refractivity contribution in [2.45, 2.75) is 25.8 Å². The first-order chi connectivity index (χ1) is 6.77. The summed E-state index contributed by atoms with van der Waals surface area (Å²) in [7, 11) is 0. The predicted octanol–water partition coefficient (Wildman–Crippen LogP) is 1.37. The van der Waals surface area contributed by atoms with Crippen molar-refractivity contribution in [1.29, 1.82) is 0 Å². The van der Waals surface area contributed by atoms with E-state index < -0.39 is 0 Å². The fraction of sp³-hybridized carbons (Fsp3) is 0.400. The van der Waals surface area contributed by atoms with Gasteiger partial charge in [0.25, 0.3) is 5.56 Å². The van der Waals surface area contributed by atoms with Crippen molar-refractivity contribution in [3.63, 3.8) is 0 Å². The van der Waals surface area contributed by atoms with Crippen molar-refractivity contribution in [2.24, 2.45) is 0 Å². The van der Waals surface area contributed by atoms with E-state index in [0.29, 0.717) is 6.04 Å².